The van der Waals surface area contributed by atoms with Crippen molar-refractivity contribution >= 4 is 0 Å². The van der Waals surface area contributed by atoms with Gasteiger partial charge in [-0.2, -0.15) is 0 Å². The van der Waals surface area contributed by atoms with Crippen molar-refractivity contribution < 1.29 is 9.47 Å². The van der Waals surface area contributed by atoms with Crippen molar-refractivity contribution in [2.24, 2.45) is 0 Å². The molecule has 15 heavy (non-hydrogen) atoms. The van der Waals surface area contributed by atoms with E-state index in [1.54, 1.807) is 0 Å². The lowest BCUT2D eigenvalue weighted by molar-refractivity contribution is 0.0277. The SMILES string of the molecule is CCOc1ccc(C2CNCCO2)cc1. The summed E-state index contributed by atoms with van der Waals surface area (Å²) in [4.78, 5) is 0. The molecule has 0 saturated carbocycles. The number of hydrogen-bond acceptors (Lipinski definition) is 3. The Bertz CT molecular complexity index is 291. The molecule has 0 spiro atoms. The fourth-order valence-electron chi connectivity index (χ4n) is 1.72. The minimum atomic E-state index is 0.189. The molecule has 0 aliphatic carbocycles. The van der Waals surface area contributed by atoms with Gasteiger partial charge in [0.2, 0.25) is 0 Å². The number of nitrogens with one attached hydrogen (secondary N) is 1. The Morgan fingerprint density at radius 2 is 2.20 bits per heavy atom. The van der Waals surface area contributed by atoms with Crippen LogP contribution in [0, 0.1) is 0 Å². The van der Waals surface area contributed by atoms with Gasteiger partial charge in [0.15, 0.2) is 0 Å². The largest absolute Gasteiger partial charge is 0.494 e. The van der Waals surface area contributed by atoms with Gasteiger partial charge in [-0.1, -0.05) is 12.1 Å². The van der Waals surface area contributed by atoms with Crippen LogP contribution < -0.4 is 10.1 Å². The Hall–Kier alpha value is -1.06. The monoisotopic (exact) mass is 207 g/mol. The molecule has 1 aromatic rings. The normalized spacial score (nSPS) is 21.3. The van der Waals surface area contributed by atoms with Crippen LogP contribution in [0.5, 0.6) is 5.75 Å². The summed E-state index contributed by atoms with van der Waals surface area (Å²) in [6.07, 6.45) is 0.189. The highest BCUT2D eigenvalue weighted by atomic mass is 16.5. The van der Waals surface area contributed by atoms with Crippen molar-refractivity contribution in [1.29, 1.82) is 0 Å². The number of hydrogen-bond donors (Lipinski definition) is 1. The molecule has 1 aliphatic heterocycles. The lowest BCUT2D eigenvalue weighted by atomic mass is 10.1. The van der Waals surface area contributed by atoms with Gasteiger partial charge in [-0.05, 0) is 24.6 Å². The van der Waals surface area contributed by atoms with E-state index in [-0.39, 0.29) is 6.10 Å². The third-order valence-electron chi connectivity index (χ3n) is 2.49. The van der Waals surface area contributed by atoms with Crippen molar-refractivity contribution in [2.75, 3.05) is 26.3 Å². The highest BCUT2D eigenvalue weighted by Gasteiger charge is 2.14. The van der Waals surface area contributed by atoms with Crippen LogP contribution in [0.2, 0.25) is 0 Å². The number of benzene rings is 1. The molecule has 3 nitrogen and oxygen atoms in total. The predicted molar refractivity (Wildman–Crippen MR) is 59.2 cm³/mol. The Balaban J connectivity index is 2.02. The lowest BCUT2D eigenvalue weighted by Gasteiger charge is -2.24. The van der Waals surface area contributed by atoms with E-state index >= 15 is 0 Å². The first-order chi connectivity index (χ1) is 7.40. The second kappa shape index (κ2) is 5.14. The Kier molecular flexibility index (Phi) is 3.59. The highest BCUT2D eigenvalue weighted by molar-refractivity contribution is 5.28. The van der Waals surface area contributed by atoms with Crippen LogP contribution in [-0.2, 0) is 4.74 Å². The Morgan fingerprint density at radius 3 is 2.80 bits per heavy atom. The van der Waals surface area contributed by atoms with E-state index in [9.17, 15) is 0 Å². The Morgan fingerprint density at radius 1 is 1.40 bits per heavy atom. The molecule has 1 atom stereocenters. The maximum absolute atomic E-state index is 5.66. The van der Waals surface area contributed by atoms with Gasteiger partial charge in [-0.15, -0.1) is 0 Å². The minimum Gasteiger partial charge on any atom is -0.494 e. The fourth-order valence-corrected chi connectivity index (χ4v) is 1.72. The van der Waals surface area contributed by atoms with Crippen molar-refractivity contribution in [1.82, 2.24) is 5.32 Å². The highest BCUT2D eigenvalue weighted by Crippen LogP contribution is 2.21. The molecule has 0 aromatic heterocycles. The lowest BCUT2D eigenvalue weighted by Crippen LogP contribution is -2.33. The van der Waals surface area contributed by atoms with Gasteiger partial charge in [0.25, 0.3) is 0 Å². The van der Waals surface area contributed by atoms with Gasteiger partial charge in [0.05, 0.1) is 19.3 Å². The first-order valence-electron chi connectivity index (χ1n) is 5.45. The first kappa shape index (κ1) is 10.5. The zero-order chi connectivity index (χ0) is 10.5. The summed E-state index contributed by atoms with van der Waals surface area (Å²) < 4.78 is 11.1. The quantitative estimate of drug-likeness (QED) is 0.819. The molecule has 1 fully saturated rings. The van der Waals surface area contributed by atoms with E-state index in [0.717, 1.165) is 25.4 Å². The average Bonchev–Trinajstić information content (AvgIpc) is 2.32. The molecule has 0 bridgehead atoms. The third-order valence-corrected chi connectivity index (χ3v) is 2.49. The van der Waals surface area contributed by atoms with Crippen molar-refractivity contribution in [3.63, 3.8) is 0 Å². The van der Waals surface area contributed by atoms with Crippen molar-refractivity contribution in [3.8, 4) is 5.75 Å². The summed E-state index contributed by atoms with van der Waals surface area (Å²) in [5.41, 5.74) is 1.21. The predicted octanol–water partition coefficient (Wildman–Crippen LogP) is 1.75. The molecular formula is C12H17NO2. The van der Waals surface area contributed by atoms with Crippen molar-refractivity contribution in [2.45, 2.75) is 13.0 Å². The molecule has 0 amide bonds. The molecule has 82 valence electrons. The summed E-state index contributed by atoms with van der Waals surface area (Å²) in [6, 6.07) is 8.14. The molecule has 1 heterocycles. The summed E-state index contributed by atoms with van der Waals surface area (Å²) >= 11 is 0. The molecule has 1 aromatic carbocycles. The van der Waals surface area contributed by atoms with Crippen LogP contribution >= 0.6 is 0 Å². The minimum absolute atomic E-state index is 0.189. The zero-order valence-electron chi connectivity index (χ0n) is 9.03. The van der Waals surface area contributed by atoms with Crippen LogP contribution in [-0.4, -0.2) is 26.3 Å². The van der Waals surface area contributed by atoms with Gasteiger partial charge in [0.1, 0.15) is 5.75 Å². The van der Waals surface area contributed by atoms with Gasteiger partial charge >= 0.3 is 0 Å². The first-order valence-corrected chi connectivity index (χ1v) is 5.45. The molecule has 2 rings (SSSR count). The van der Waals surface area contributed by atoms with Crippen LogP contribution in [0.15, 0.2) is 24.3 Å². The maximum atomic E-state index is 5.66. The second-order valence-corrected chi connectivity index (χ2v) is 3.57. The van der Waals surface area contributed by atoms with E-state index in [1.807, 2.05) is 19.1 Å². The molecule has 1 saturated heterocycles. The zero-order valence-corrected chi connectivity index (χ0v) is 9.03. The van der Waals surface area contributed by atoms with E-state index in [1.165, 1.54) is 5.56 Å². The Labute approximate surface area is 90.4 Å². The van der Waals surface area contributed by atoms with Crippen LogP contribution in [0.3, 0.4) is 0 Å². The summed E-state index contributed by atoms with van der Waals surface area (Å²) in [7, 11) is 0. The van der Waals surface area contributed by atoms with Gasteiger partial charge in [0, 0.05) is 13.1 Å². The number of rotatable bonds is 3. The summed E-state index contributed by atoms with van der Waals surface area (Å²) in [6.45, 7) is 5.34. The maximum Gasteiger partial charge on any atom is 0.119 e. The molecule has 1 aliphatic rings. The van der Waals surface area contributed by atoms with E-state index in [4.69, 9.17) is 9.47 Å². The molecule has 1 unspecified atom stereocenters. The van der Waals surface area contributed by atoms with Crippen LogP contribution in [0.1, 0.15) is 18.6 Å². The number of morpholine rings is 1. The van der Waals surface area contributed by atoms with E-state index in [0.29, 0.717) is 6.61 Å². The molecule has 0 radical (unpaired) electrons. The van der Waals surface area contributed by atoms with Crippen molar-refractivity contribution in [3.05, 3.63) is 29.8 Å². The summed E-state index contributed by atoms with van der Waals surface area (Å²) in [5.74, 6) is 0.921. The second-order valence-electron chi connectivity index (χ2n) is 3.57. The third kappa shape index (κ3) is 2.70. The smallest absolute Gasteiger partial charge is 0.119 e. The summed E-state index contributed by atoms with van der Waals surface area (Å²) in [5, 5.41) is 3.32. The van der Waals surface area contributed by atoms with Gasteiger partial charge < -0.3 is 14.8 Å². The van der Waals surface area contributed by atoms with Crippen LogP contribution in [0.25, 0.3) is 0 Å². The standard InChI is InChI=1S/C12H17NO2/c1-2-14-11-5-3-10(4-6-11)12-9-13-7-8-15-12/h3-6,12-13H,2,7-9H2,1H3. The molecule has 1 N–H and O–H groups in total. The van der Waals surface area contributed by atoms with E-state index < -0.39 is 0 Å². The van der Waals surface area contributed by atoms with E-state index in [2.05, 4.69) is 17.4 Å². The topological polar surface area (TPSA) is 30.5 Å². The fraction of sp³-hybridized carbons (Fsp3) is 0.500. The van der Waals surface area contributed by atoms with Crippen LogP contribution in [0.4, 0.5) is 0 Å². The van der Waals surface area contributed by atoms with Gasteiger partial charge in [-0.25, -0.2) is 0 Å². The average molecular weight is 207 g/mol. The molecule has 3 heteroatoms. The number of ether oxygens (including phenoxy) is 2. The van der Waals surface area contributed by atoms with Gasteiger partial charge in [-0.3, -0.25) is 0 Å². The molecular weight excluding hydrogens is 190 g/mol.